The van der Waals surface area contributed by atoms with Crippen LogP contribution in [0, 0.1) is 10.1 Å². The molecule has 0 bridgehead atoms. The summed E-state index contributed by atoms with van der Waals surface area (Å²) in [6.45, 7) is -0.344. The smallest absolute Gasteiger partial charge is 0.358 e. The lowest BCUT2D eigenvalue weighted by atomic mass is 10.6. The van der Waals surface area contributed by atoms with Gasteiger partial charge in [-0.1, -0.05) is 0 Å². The first-order valence-corrected chi connectivity index (χ1v) is 6.43. The quantitative estimate of drug-likeness (QED) is 0.449. The summed E-state index contributed by atoms with van der Waals surface area (Å²) in [5, 5.41) is 16.2. The van der Waals surface area contributed by atoms with Crippen molar-refractivity contribution in [2.75, 3.05) is 7.05 Å². The molecule has 0 aromatic carbocycles. The number of halogens is 1. The minimum absolute atomic E-state index is 0.344. The van der Waals surface area contributed by atoms with Crippen molar-refractivity contribution < 1.29 is 18.1 Å². The first-order chi connectivity index (χ1) is 7.75. The van der Waals surface area contributed by atoms with Crippen LogP contribution in [0.15, 0.2) is 11.1 Å². The minimum atomic E-state index is -4.28. The maximum atomic E-state index is 11.0. The topological polar surface area (TPSA) is 124 Å². The molecule has 0 unspecified atom stereocenters. The number of carbonyl (C=O) groups excluding carboxylic acids is 1. The van der Waals surface area contributed by atoms with Gasteiger partial charge in [-0.3, -0.25) is 4.79 Å². The van der Waals surface area contributed by atoms with Crippen LogP contribution in [0.1, 0.15) is 0 Å². The monoisotopic (exact) mass is 282 g/mol. The molecule has 11 heteroatoms. The second-order valence-electron chi connectivity index (χ2n) is 2.88. The van der Waals surface area contributed by atoms with Crippen LogP contribution in [0.5, 0.6) is 0 Å². The second-order valence-corrected chi connectivity index (χ2v) is 5.42. The number of likely N-dealkylation sites (N-methyl/N-ethyl adjacent to an activating group) is 1. The number of nitro groups is 1. The predicted octanol–water partition coefficient (Wildman–Crippen LogP) is -0.535. The maximum absolute atomic E-state index is 11.0. The molecule has 0 fully saturated rings. The van der Waals surface area contributed by atoms with E-state index in [0.29, 0.717) is 0 Å². The summed E-state index contributed by atoms with van der Waals surface area (Å²) < 4.78 is 22.9. The SMILES string of the molecule is CNC(=O)Cn1cc(S(=O)(=O)Cl)c([N+](=O)[O-])n1. The van der Waals surface area contributed by atoms with Gasteiger partial charge in [0.25, 0.3) is 9.05 Å². The Labute approximate surface area is 99.9 Å². The van der Waals surface area contributed by atoms with Gasteiger partial charge in [0.1, 0.15) is 6.54 Å². The van der Waals surface area contributed by atoms with Gasteiger partial charge >= 0.3 is 5.82 Å². The zero-order valence-corrected chi connectivity index (χ0v) is 10.0. The van der Waals surface area contributed by atoms with Crippen molar-refractivity contribution in [2.24, 2.45) is 0 Å². The lowest BCUT2D eigenvalue weighted by Gasteiger charge is -1.94. The van der Waals surface area contributed by atoms with Gasteiger partial charge in [-0.15, -0.1) is 0 Å². The molecule has 0 aliphatic carbocycles. The van der Waals surface area contributed by atoms with E-state index in [4.69, 9.17) is 10.7 Å². The number of hydrogen-bond donors (Lipinski definition) is 1. The fourth-order valence-corrected chi connectivity index (χ4v) is 1.91. The van der Waals surface area contributed by atoms with Crippen molar-refractivity contribution >= 4 is 31.5 Å². The third-order valence-corrected chi connectivity index (χ3v) is 3.04. The van der Waals surface area contributed by atoms with Crippen LogP contribution in [-0.4, -0.2) is 36.1 Å². The Morgan fingerprint density at radius 2 is 2.29 bits per heavy atom. The second kappa shape index (κ2) is 4.67. The highest BCUT2D eigenvalue weighted by Gasteiger charge is 2.30. The predicted molar refractivity (Wildman–Crippen MR) is 56.0 cm³/mol. The summed E-state index contributed by atoms with van der Waals surface area (Å²) in [6, 6.07) is 0. The van der Waals surface area contributed by atoms with Crippen molar-refractivity contribution in [3.8, 4) is 0 Å². The molecule has 17 heavy (non-hydrogen) atoms. The molecule has 1 amide bonds. The molecule has 0 saturated carbocycles. The number of amides is 1. The zero-order chi connectivity index (χ0) is 13.2. The zero-order valence-electron chi connectivity index (χ0n) is 8.45. The highest BCUT2D eigenvalue weighted by Crippen LogP contribution is 2.24. The standard InChI is InChI=1S/C6H7ClN4O5S/c1-8-5(12)3-10-2-4(17(7,15)16)6(9-10)11(13)14/h2H,3H2,1H3,(H,8,12). The van der Waals surface area contributed by atoms with E-state index in [9.17, 15) is 23.3 Å². The molecule has 1 aromatic heterocycles. The summed E-state index contributed by atoms with van der Waals surface area (Å²) in [5.41, 5.74) is 0. The number of nitrogens with one attached hydrogen (secondary N) is 1. The van der Waals surface area contributed by atoms with Crippen LogP contribution in [0.25, 0.3) is 0 Å². The molecule has 0 saturated heterocycles. The van der Waals surface area contributed by atoms with Crippen LogP contribution in [0.3, 0.4) is 0 Å². The first-order valence-electron chi connectivity index (χ1n) is 4.12. The van der Waals surface area contributed by atoms with Crippen molar-refractivity contribution in [1.29, 1.82) is 0 Å². The van der Waals surface area contributed by atoms with E-state index in [2.05, 4.69) is 10.4 Å². The van der Waals surface area contributed by atoms with E-state index in [0.717, 1.165) is 10.9 Å². The highest BCUT2D eigenvalue weighted by atomic mass is 35.7. The van der Waals surface area contributed by atoms with E-state index in [1.165, 1.54) is 7.05 Å². The minimum Gasteiger partial charge on any atom is -0.358 e. The van der Waals surface area contributed by atoms with Gasteiger partial charge in [0.2, 0.25) is 10.8 Å². The molecule has 0 spiro atoms. The van der Waals surface area contributed by atoms with E-state index >= 15 is 0 Å². The van der Waals surface area contributed by atoms with Crippen LogP contribution in [-0.2, 0) is 20.4 Å². The molecule has 9 nitrogen and oxygen atoms in total. The van der Waals surface area contributed by atoms with Gasteiger partial charge in [-0.2, -0.15) is 4.68 Å². The summed E-state index contributed by atoms with van der Waals surface area (Å²) in [6.07, 6.45) is 0.829. The van der Waals surface area contributed by atoms with Crippen LogP contribution in [0.4, 0.5) is 5.82 Å². The van der Waals surface area contributed by atoms with Gasteiger partial charge < -0.3 is 15.4 Å². The number of aromatic nitrogens is 2. The van der Waals surface area contributed by atoms with Crippen LogP contribution < -0.4 is 5.32 Å². The summed E-state index contributed by atoms with van der Waals surface area (Å²) >= 11 is 0. The van der Waals surface area contributed by atoms with Crippen molar-refractivity contribution in [3.63, 3.8) is 0 Å². The molecule has 0 aliphatic heterocycles. The van der Waals surface area contributed by atoms with Crippen molar-refractivity contribution in [1.82, 2.24) is 15.1 Å². The molecular weight excluding hydrogens is 276 g/mol. The average Bonchev–Trinajstić information content (AvgIpc) is 2.61. The lowest BCUT2D eigenvalue weighted by Crippen LogP contribution is -2.23. The van der Waals surface area contributed by atoms with Crippen molar-refractivity contribution in [3.05, 3.63) is 16.3 Å². The Morgan fingerprint density at radius 1 is 1.71 bits per heavy atom. The molecule has 0 radical (unpaired) electrons. The van der Waals surface area contributed by atoms with Crippen LogP contribution in [0.2, 0.25) is 0 Å². The highest BCUT2D eigenvalue weighted by molar-refractivity contribution is 8.13. The van der Waals surface area contributed by atoms with E-state index in [1.807, 2.05) is 0 Å². The third-order valence-electron chi connectivity index (χ3n) is 1.73. The van der Waals surface area contributed by atoms with E-state index in [-0.39, 0.29) is 6.54 Å². The molecule has 1 rings (SSSR count). The normalized spacial score (nSPS) is 11.2. The van der Waals surface area contributed by atoms with E-state index in [1.54, 1.807) is 0 Å². The Morgan fingerprint density at radius 3 is 2.65 bits per heavy atom. The van der Waals surface area contributed by atoms with E-state index < -0.39 is 30.6 Å². The number of carbonyl (C=O) groups is 1. The van der Waals surface area contributed by atoms with Gasteiger partial charge in [0.15, 0.2) is 0 Å². The summed E-state index contributed by atoms with van der Waals surface area (Å²) in [4.78, 5) is 19.8. The Hall–Kier alpha value is -1.68. The fraction of sp³-hybridized carbons (Fsp3) is 0.333. The Bertz CT molecular complexity index is 565. The molecule has 0 atom stereocenters. The molecule has 1 aromatic rings. The first kappa shape index (κ1) is 13.4. The largest absolute Gasteiger partial charge is 0.410 e. The van der Waals surface area contributed by atoms with Gasteiger partial charge in [0.05, 0.1) is 11.3 Å². The van der Waals surface area contributed by atoms with Crippen molar-refractivity contribution in [2.45, 2.75) is 11.4 Å². The molecule has 94 valence electrons. The third kappa shape index (κ3) is 3.14. The average molecular weight is 283 g/mol. The molecule has 1 N–H and O–H groups in total. The fourth-order valence-electron chi connectivity index (χ4n) is 0.999. The Kier molecular flexibility index (Phi) is 3.68. The van der Waals surface area contributed by atoms with Gasteiger partial charge in [0, 0.05) is 17.7 Å². The molecule has 1 heterocycles. The number of hydrogen-bond acceptors (Lipinski definition) is 6. The summed E-state index contributed by atoms with van der Waals surface area (Å²) in [7, 11) is 2.08. The maximum Gasteiger partial charge on any atom is 0.410 e. The molecule has 0 aliphatic rings. The number of nitrogens with zero attached hydrogens (tertiary/aromatic N) is 3. The lowest BCUT2D eigenvalue weighted by molar-refractivity contribution is -0.392. The Balaban J connectivity index is 3.23. The van der Waals surface area contributed by atoms with Gasteiger partial charge in [-0.05, 0) is 4.92 Å². The number of rotatable bonds is 4. The van der Waals surface area contributed by atoms with Crippen LogP contribution >= 0.6 is 10.7 Å². The summed E-state index contributed by atoms with van der Waals surface area (Å²) in [5.74, 6) is -1.40. The molecular formula is C6H7ClN4O5S. The van der Waals surface area contributed by atoms with Gasteiger partial charge in [-0.25, -0.2) is 8.42 Å².